The number of aromatic nitrogens is 3. The second kappa shape index (κ2) is 19.7. The van der Waals surface area contributed by atoms with Crippen LogP contribution in [-0.4, -0.2) is 29.8 Å². The van der Waals surface area contributed by atoms with E-state index in [1.807, 2.05) is 0 Å². The zero-order chi connectivity index (χ0) is 54.9. The van der Waals surface area contributed by atoms with Crippen molar-refractivity contribution in [3.05, 3.63) is 334 Å². The van der Waals surface area contributed by atoms with E-state index in [1.54, 1.807) is 0 Å². The summed E-state index contributed by atoms with van der Waals surface area (Å²) in [5.74, 6) is 0. The van der Waals surface area contributed by atoms with Crippen molar-refractivity contribution >= 4 is 123 Å². The lowest BCUT2D eigenvalue weighted by Gasteiger charge is -2.35. The normalized spacial score (nSPS) is 12.1. The van der Waals surface area contributed by atoms with E-state index in [1.165, 1.54) is 101 Å². The van der Waals surface area contributed by atoms with Crippen LogP contribution < -0.4 is 41.5 Å². The van der Waals surface area contributed by atoms with Gasteiger partial charge >= 0.3 is 0 Å². The Labute approximate surface area is 484 Å². The highest BCUT2D eigenvalue weighted by Gasteiger charge is 2.44. The summed E-state index contributed by atoms with van der Waals surface area (Å²) in [7, 11) is -5.94. The summed E-state index contributed by atoms with van der Waals surface area (Å²) in [5.41, 5.74) is 10.5. The van der Waals surface area contributed by atoms with Crippen molar-refractivity contribution in [3.63, 3.8) is 0 Å². The van der Waals surface area contributed by atoms with Crippen LogP contribution in [0.25, 0.3) is 82.5 Å². The van der Waals surface area contributed by atoms with Crippen molar-refractivity contribution in [2.24, 2.45) is 0 Å². The van der Waals surface area contributed by atoms with E-state index in [4.69, 9.17) is 0 Å². The number of benzene rings is 13. The fourth-order valence-electron chi connectivity index (χ4n) is 14.4. The van der Waals surface area contributed by atoms with Gasteiger partial charge in [-0.3, -0.25) is 0 Å². The third kappa shape index (κ3) is 7.35. The van der Waals surface area contributed by atoms with Crippen LogP contribution in [-0.2, 0) is 0 Å². The summed E-state index contributed by atoms with van der Waals surface area (Å²) < 4.78 is 7.52. The molecule has 0 aliphatic carbocycles. The molecule has 16 rings (SSSR count). The van der Waals surface area contributed by atoms with Crippen LogP contribution in [0.2, 0.25) is 0 Å². The molecule has 0 unspecified atom stereocenters. The van der Waals surface area contributed by atoms with Gasteiger partial charge in [0.25, 0.3) is 0 Å². The van der Waals surface area contributed by atoms with Crippen LogP contribution in [0.15, 0.2) is 334 Å². The lowest BCUT2D eigenvalue weighted by atomic mass is 10.1. The third-order valence-corrected chi connectivity index (χ3v) is 27.3. The Morgan fingerprint density at radius 1 is 0.193 bits per heavy atom. The summed E-state index contributed by atoms with van der Waals surface area (Å²) >= 11 is 0. The quantitative estimate of drug-likeness (QED) is 0.0906. The molecule has 3 heterocycles. The van der Waals surface area contributed by atoms with Gasteiger partial charge in [-0.2, -0.15) is 0 Å². The first kappa shape index (κ1) is 48.6. The maximum absolute atomic E-state index is 3.20. The molecule has 16 aromatic rings. The Morgan fingerprint density at radius 3 is 1.04 bits per heavy atom. The topological polar surface area (TPSA) is 14.8 Å². The van der Waals surface area contributed by atoms with Crippen LogP contribution in [0.3, 0.4) is 0 Å². The van der Waals surface area contributed by atoms with Crippen molar-refractivity contribution < 1.29 is 0 Å². The van der Waals surface area contributed by atoms with Crippen LogP contribution in [0.5, 0.6) is 0 Å². The molecule has 0 spiro atoms. The number of rotatable bonds is 11. The van der Waals surface area contributed by atoms with Crippen LogP contribution >= 0.6 is 0 Å². The molecule has 0 saturated heterocycles. The lowest BCUT2D eigenvalue weighted by Crippen LogP contribution is -2.74. The monoisotopic (exact) mass is 1090 g/mol. The third-order valence-electron chi connectivity index (χ3n) is 17.7. The number of hydrogen-bond acceptors (Lipinski definition) is 0. The van der Waals surface area contributed by atoms with Gasteiger partial charge in [0.15, 0.2) is 16.1 Å². The first-order valence-corrected chi connectivity index (χ1v) is 32.8. The maximum Gasteiger partial charge on any atom is 0.180 e. The molecule has 0 fully saturated rings. The van der Waals surface area contributed by atoms with Gasteiger partial charge in [0, 0.05) is 43.7 Å². The van der Waals surface area contributed by atoms with Gasteiger partial charge < -0.3 is 13.7 Å². The second-order valence-electron chi connectivity index (χ2n) is 21.9. The molecule has 0 N–H and O–H groups in total. The molecule has 0 radical (unpaired) electrons. The Hall–Kier alpha value is -10.3. The van der Waals surface area contributed by atoms with E-state index in [9.17, 15) is 0 Å². The number of fused-ring (bicyclic) bond motifs is 9. The predicted octanol–water partition coefficient (Wildman–Crippen LogP) is 13.7. The molecular weight excluding hydrogens is 1040 g/mol. The maximum atomic E-state index is 2.57. The molecule has 13 aromatic carbocycles. The molecule has 5 heteroatoms. The first-order valence-electron chi connectivity index (χ1n) is 28.8. The predicted molar refractivity (Wildman–Crippen MR) is 357 cm³/mol. The summed E-state index contributed by atoms with van der Waals surface area (Å²) in [4.78, 5) is 0. The van der Waals surface area contributed by atoms with Crippen LogP contribution in [0, 0.1) is 0 Å². The smallest absolute Gasteiger partial charge is 0.180 e. The van der Waals surface area contributed by atoms with E-state index in [2.05, 4.69) is 347 Å². The Kier molecular flexibility index (Phi) is 11.6. The van der Waals surface area contributed by atoms with Gasteiger partial charge in [-0.1, -0.05) is 267 Å². The molecule has 0 aliphatic rings. The molecule has 0 saturated carbocycles. The van der Waals surface area contributed by atoms with Crippen molar-refractivity contribution in [3.8, 4) is 17.1 Å². The van der Waals surface area contributed by atoms with Crippen molar-refractivity contribution in [2.75, 3.05) is 0 Å². The Morgan fingerprint density at radius 2 is 0.530 bits per heavy atom. The first-order chi connectivity index (χ1) is 41.2. The Balaban J connectivity index is 0.933. The molecule has 390 valence electrons. The minimum atomic E-state index is -3.20. The molecule has 0 atom stereocenters. The number of hydrogen-bond donors (Lipinski definition) is 0. The molecule has 0 amide bonds. The zero-order valence-electron chi connectivity index (χ0n) is 45.6. The van der Waals surface area contributed by atoms with Gasteiger partial charge in [-0.25, -0.2) is 0 Å². The minimum absolute atomic E-state index is 1.13. The van der Waals surface area contributed by atoms with Crippen LogP contribution in [0.1, 0.15) is 0 Å². The second-order valence-corrected chi connectivity index (χ2v) is 29.5. The molecule has 3 aromatic heterocycles. The highest BCUT2D eigenvalue weighted by Crippen LogP contribution is 2.40. The van der Waals surface area contributed by atoms with Gasteiger partial charge in [0.1, 0.15) is 0 Å². The average Bonchev–Trinajstić information content (AvgIpc) is 3.87. The van der Waals surface area contributed by atoms with Gasteiger partial charge in [0.2, 0.25) is 0 Å². The van der Waals surface area contributed by atoms with Crippen LogP contribution in [0.4, 0.5) is 0 Å². The van der Waals surface area contributed by atoms with E-state index in [0.29, 0.717) is 0 Å². The lowest BCUT2D eigenvalue weighted by molar-refractivity contribution is 1.17. The summed E-state index contributed by atoms with van der Waals surface area (Å²) in [5, 5.41) is 18.2. The molecule has 0 bridgehead atoms. The highest BCUT2D eigenvalue weighted by atomic mass is 28.3. The van der Waals surface area contributed by atoms with Gasteiger partial charge in [-0.15, -0.1) is 0 Å². The molecule has 83 heavy (non-hydrogen) atoms. The summed E-state index contributed by atoms with van der Waals surface area (Å²) in [6.45, 7) is 0. The molecule has 0 aliphatic heterocycles. The average molecular weight is 1090 g/mol. The standard InChI is InChI=1S/C78H55N3Si2/c1-6-28-58(29-7-1)82(59-30-8-2-9-31-59,60-32-10-3-11-33-60)63-53-51-56(52-54-63)79-71-45-22-18-41-67(71)77-73(79)47-25-48-74(77)81-72-46-23-19-42-68(72)78-75(81)49-26-50-76(78)83(61-34-12-4-13-35-61,62-36-14-5-15-37-62)64-38-24-27-57(55-64)80-69-43-20-16-39-65(69)66-40-17-21-44-70(66)80/h1-55H. The molecule has 3 nitrogen and oxygen atoms in total. The van der Waals surface area contributed by atoms with Gasteiger partial charge in [0.05, 0.1) is 38.8 Å². The van der Waals surface area contributed by atoms with E-state index in [0.717, 1.165) is 22.6 Å². The minimum Gasteiger partial charge on any atom is -0.309 e. The number of para-hydroxylation sites is 4. The van der Waals surface area contributed by atoms with E-state index in [-0.39, 0.29) is 0 Å². The highest BCUT2D eigenvalue weighted by molar-refractivity contribution is 7.21. The fraction of sp³-hybridized carbons (Fsp3) is 0. The largest absolute Gasteiger partial charge is 0.309 e. The number of nitrogens with zero attached hydrogens (tertiary/aromatic N) is 3. The summed E-state index contributed by atoms with van der Waals surface area (Å²) in [6.07, 6.45) is 0. The SMILES string of the molecule is c1ccc([Si](c2ccccc2)(c2ccccc2)c2ccc(-n3c4ccccc4c4c(-n5c6ccccc6c6c([Si](c7ccccc7)(c7ccccc7)c7cccc(-n8c9ccccc9c9ccccc98)c7)cccc65)cccc43)cc2)cc1. The molecular formula is C78H55N3Si2. The van der Waals surface area contributed by atoms with Crippen molar-refractivity contribution in [2.45, 2.75) is 0 Å². The van der Waals surface area contributed by atoms with Gasteiger partial charge in [-0.05, 0) is 108 Å². The fourth-order valence-corrected chi connectivity index (χ4v) is 24.2. The van der Waals surface area contributed by atoms with Crippen molar-refractivity contribution in [1.29, 1.82) is 0 Å². The van der Waals surface area contributed by atoms with E-state index < -0.39 is 16.1 Å². The summed E-state index contributed by atoms with van der Waals surface area (Å²) in [6, 6.07) is 125. The zero-order valence-corrected chi connectivity index (χ0v) is 47.6. The van der Waals surface area contributed by atoms with E-state index >= 15 is 0 Å². The Bertz CT molecular complexity index is 4880. The van der Waals surface area contributed by atoms with Crippen molar-refractivity contribution in [1.82, 2.24) is 13.7 Å².